The van der Waals surface area contributed by atoms with Crippen molar-refractivity contribution < 1.29 is 9.53 Å². The fourth-order valence-corrected chi connectivity index (χ4v) is 3.02. The average molecular weight is 297 g/mol. The van der Waals surface area contributed by atoms with Gasteiger partial charge in [-0.2, -0.15) is 5.26 Å². The summed E-state index contributed by atoms with van der Waals surface area (Å²) >= 11 is 0. The van der Waals surface area contributed by atoms with E-state index in [9.17, 15) is 10.1 Å². The van der Waals surface area contributed by atoms with Gasteiger partial charge in [0.05, 0.1) is 18.0 Å². The molecule has 3 rings (SSSR count). The minimum atomic E-state index is -0.550. The minimum absolute atomic E-state index is 0.259. The minimum Gasteiger partial charge on any atom is -0.444 e. The largest absolute Gasteiger partial charge is 0.444 e. The third-order valence-electron chi connectivity index (χ3n) is 3.81. The Kier molecular flexibility index (Phi) is 3.32. The molecule has 2 N–H and O–H groups in total. The number of amides is 1. The molecule has 1 heterocycles. The number of carbonyl (C=O) groups excluding carboxylic acids is 1. The maximum Gasteiger partial charge on any atom is 0.407 e. The molecule has 0 saturated heterocycles. The molecule has 1 aliphatic rings. The number of para-hydroxylation sites is 1. The van der Waals surface area contributed by atoms with Crippen molar-refractivity contribution in [3.05, 3.63) is 35.5 Å². The second-order valence-electron chi connectivity index (χ2n) is 6.63. The summed E-state index contributed by atoms with van der Waals surface area (Å²) in [5.74, 6) is -0.362. The van der Waals surface area contributed by atoms with Crippen LogP contribution in [0.1, 0.15) is 37.9 Å². The van der Waals surface area contributed by atoms with Crippen molar-refractivity contribution in [2.45, 2.75) is 44.8 Å². The van der Waals surface area contributed by atoms with Gasteiger partial charge in [-0.05, 0) is 26.8 Å². The van der Waals surface area contributed by atoms with Crippen LogP contribution < -0.4 is 5.32 Å². The van der Waals surface area contributed by atoms with E-state index in [0.29, 0.717) is 6.42 Å². The van der Waals surface area contributed by atoms with Gasteiger partial charge in [-0.3, -0.25) is 0 Å². The third-order valence-corrected chi connectivity index (χ3v) is 3.81. The van der Waals surface area contributed by atoms with Gasteiger partial charge in [-0.15, -0.1) is 0 Å². The van der Waals surface area contributed by atoms with Crippen molar-refractivity contribution >= 4 is 17.0 Å². The highest BCUT2D eigenvalue weighted by atomic mass is 16.6. The second-order valence-corrected chi connectivity index (χ2v) is 6.63. The van der Waals surface area contributed by atoms with Crippen molar-refractivity contribution in [1.29, 1.82) is 5.26 Å². The lowest BCUT2D eigenvalue weighted by atomic mass is 9.98. The van der Waals surface area contributed by atoms with Crippen LogP contribution >= 0.6 is 0 Å². The van der Waals surface area contributed by atoms with Crippen molar-refractivity contribution in [2.24, 2.45) is 0 Å². The number of ether oxygens (including phenoxy) is 1. The lowest BCUT2D eigenvalue weighted by Crippen LogP contribution is -2.41. The van der Waals surface area contributed by atoms with E-state index in [1.807, 2.05) is 45.0 Å². The fourth-order valence-electron chi connectivity index (χ4n) is 3.02. The lowest BCUT2D eigenvalue weighted by molar-refractivity contribution is 0.0503. The van der Waals surface area contributed by atoms with Crippen molar-refractivity contribution in [2.75, 3.05) is 0 Å². The molecular formula is C17H19N3O2. The first-order chi connectivity index (χ1) is 10.4. The van der Waals surface area contributed by atoms with Gasteiger partial charge >= 0.3 is 6.09 Å². The zero-order valence-electron chi connectivity index (χ0n) is 12.9. The van der Waals surface area contributed by atoms with Crippen LogP contribution in [0.25, 0.3) is 10.9 Å². The summed E-state index contributed by atoms with van der Waals surface area (Å²) in [5.41, 5.74) is 2.50. The van der Waals surface area contributed by atoms with Crippen LogP contribution in [-0.2, 0) is 11.2 Å². The summed E-state index contributed by atoms with van der Waals surface area (Å²) in [7, 11) is 0. The monoisotopic (exact) mass is 297 g/mol. The molecule has 1 amide bonds. The van der Waals surface area contributed by atoms with E-state index in [1.54, 1.807) is 0 Å². The van der Waals surface area contributed by atoms with E-state index in [2.05, 4.69) is 16.4 Å². The molecule has 1 aromatic carbocycles. The highest BCUT2D eigenvalue weighted by Gasteiger charge is 2.37. The number of nitrogens with one attached hydrogen (secondary N) is 2. The van der Waals surface area contributed by atoms with Gasteiger partial charge in [0.1, 0.15) is 5.60 Å². The predicted molar refractivity (Wildman–Crippen MR) is 83.5 cm³/mol. The molecule has 0 fully saturated rings. The Labute approximate surface area is 129 Å². The van der Waals surface area contributed by atoms with Gasteiger partial charge in [-0.25, -0.2) is 4.79 Å². The molecule has 0 spiro atoms. The van der Waals surface area contributed by atoms with Gasteiger partial charge < -0.3 is 15.0 Å². The average Bonchev–Trinajstić information content (AvgIpc) is 2.91. The summed E-state index contributed by atoms with van der Waals surface area (Å²) in [6.45, 7) is 5.46. The standard InChI is InChI=1S/C17H19N3O2/c1-17(2,3)22-16(21)20-13-8-14-15(11(13)9-18)10-6-4-5-7-12(10)19-14/h4-7,11,13,19H,8H2,1-3H3,(H,20,21)/t11-,13?/m0/s1. The molecule has 22 heavy (non-hydrogen) atoms. The summed E-state index contributed by atoms with van der Waals surface area (Å²) in [6, 6.07) is 9.99. The topological polar surface area (TPSA) is 77.9 Å². The second kappa shape index (κ2) is 5.06. The zero-order chi connectivity index (χ0) is 15.9. The lowest BCUT2D eigenvalue weighted by Gasteiger charge is -2.23. The number of alkyl carbamates (subject to hydrolysis) is 1. The molecule has 5 heteroatoms. The number of hydrogen-bond donors (Lipinski definition) is 2. The first-order valence-electron chi connectivity index (χ1n) is 7.37. The normalized spacial score (nSPS) is 20.5. The number of hydrogen-bond acceptors (Lipinski definition) is 3. The molecular weight excluding hydrogens is 278 g/mol. The van der Waals surface area contributed by atoms with E-state index in [0.717, 1.165) is 22.2 Å². The highest BCUT2D eigenvalue weighted by molar-refractivity contribution is 5.87. The van der Waals surface area contributed by atoms with E-state index in [-0.39, 0.29) is 12.0 Å². The first-order valence-corrected chi connectivity index (χ1v) is 7.37. The van der Waals surface area contributed by atoms with Gasteiger partial charge in [0.15, 0.2) is 0 Å². The Hall–Kier alpha value is -2.48. The molecule has 0 saturated carbocycles. The number of H-pyrrole nitrogens is 1. The first kappa shape index (κ1) is 14.5. The van der Waals surface area contributed by atoms with E-state index in [4.69, 9.17) is 4.74 Å². The summed E-state index contributed by atoms with van der Waals surface area (Å²) in [6.07, 6.45) is 0.133. The predicted octanol–water partition coefficient (Wildman–Crippen LogP) is 3.22. The number of aromatic nitrogens is 1. The molecule has 0 radical (unpaired) electrons. The van der Waals surface area contributed by atoms with Crippen molar-refractivity contribution in [1.82, 2.24) is 10.3 Å². The van der Waals surface area contributed by atoms with Crippen LogP contribution in [0.2, 0.25) is 0 Å². The Morgan fingerprint density at radius 1 is 1.41 bits per heavy atom. The van der Waals surface area contributed by atoms with Crippen molar-refractivity contribution in [3.8, 4) is 6.07 Å². The van der Waals surface area contributed by atoms with E-state index in [1.165, 1.54) is 0 Å². The SMILES string of the molecule is CC(C)(C)OC(=O)NC1Cc2[nH]c3ccccc3c2[C@H]1C#N. The number of aromatic amines is 1. The van der Waals surface area contributed by atoms with Crippen molar-refractivity contribution in [3.63, 3.8) is 0 Å². The zero-order valence-corrected chi connectivity index (χ0v) is 12.9. The summed E-state index contributed by atoms with van der Waals surface area (Å²) in [4.78, 5) is 15.3. The Balaban J connectivity index is 1.85. The van der Waals surface area contributed by atoms with Gasteiger partial charge in [0.25, 0.3) is 0 Å². The molecule has 2 atom stereocenters. The van der Waals surface area contributed by atoms with E-state index >= 15 is 0 Å². The van der Waals surface area contributed by atoms with Crippen LogP contribution in [-0.4, -0.2) is 22.7 Å². The van der Waals surface area contributed by atoms with Crippen LogP contribution in [0.5, 0.6) is 0 Å². The van der Waals surface area contributed by atoms with Crippen LogP contribution in [0.15, 0.2) is 24.3 Å². The maximum absolute atomic E-state index is 12.0. The van der Waals surface area contributed by atoms with Crippen LogP contribution in [0.3, 0.4) is 0 Å². The Bertz CT molecular complexity index is 764. The molecule has 5 nitrogen and oxygen atoms in total. The van der Waals surface area contributed by atoms with Crippen LogP contribution in [0, 0.1) is 11.3 Å². The summed E-state index contributed by atoms with van der Waals surface area (Å²) in [5, 5.41) is 13.4. The van der Waals surface area contributed by atoms with E-state index < -0.39 is 11.7 Å². The molecule has 0 aliphatic heterocycles. The number of nitriles is 1. The number of nitrogens with zero attached hydrogens (tertiary/aromatic N) is 1. The third kappa shape index (κ3) is 2.52. The molecule has 1 aromatic heterocycles. The smallest absolute Gasteiger partial charge is 0.407 e. The van der Waals surface area contributed by atoms with Gasteiger partial charge in [-0.1, -0.05) is 18.2 Å². The number of fused-ring (bicyclic) bond motifs is 3. The molecule has 0 bridgehead atoms. The number of carbonyl (C=O) groups is 1. The number of benzene rings is 1. The quantitative estimate of drug-likeness (QED) is 0.848. The van der Waals surface area contributed by atoms with Crippen LogP contribution in [0.4, 0.5) is 4.79 Å². The molecule has 1 unspecified atom stereocenters. The molecule has 1 aliphatic carbocycles. The summed E-state index contributed by atoms with van der Waals surface area (Å²) < 4.78 is 5.29. The Morgan fingerprint density at radius 3 is 2.82 bits per heavy atom. The van der Waals surface area contributed by atoms with Gasteiger partial charge in [0.2, 0.25) is 0 Å². The molecule has 114 valence electrons. The fraction of sp³-hybridized carbons (Fsp3) is 0.412. The molecule has 2 aromatic rings. The highest BCUT2D eigenvalue weighted by Crippen LogP contribution is 2.38. The number of rotatable bonds is 1. The Morgan fingerprint density at radius 2 is 2.14 bits per heavy atom. The van der Waals surface area contributed by atoms with Gasteiger partial charge in [0, 0.05) is 28.6 Å². The maximum atomic E-state index is 12.0.